The van der Waals surface area contributed by atoms with E-state index in [1.807, 2.05) is 24.5 Å². The van der Waals surface area contributed by atoms with Gasteiger partial charge >= 0.3 is 0 Å². The number of hydrogen-bond donors (Lipinski definition) is 1. The number of aromatic nitrogens is 2. The molecule has 4 nitrogen and oxygen atoms in total. The van der Waals surface area contributed by atoms with E-state index in [9.17, 15) is 0 Å². The van der Waals surface area contributed by atoms with Crippen molar-refractivity contribution in [3.05, 3.63) is 58.7 Å². The van der Waals surface area contributed by atoms with Crippen LogP contribution in [0.3, 0.4) is 0 Å². The number of thiophene rings is 1. The van der Waals surface area contributed by atoms with Crippen molar-refractivity contribution in [2.45, 2.75) is 26.0 Å². The molecular formula is C20H18N2O2S. The molecule has 0 aliphatic carbocycles. The summed E-state index contributed by atoms with van der Waals surface area (Å²) in [5, 5.41) is 8.82. The average Bonchev–Trinajstić information content (AvgIpc) is 3.31. The molecule has 1 aliphatic rings. The average molecular weight is 350 g/mol. The number of fused-ring (bicyclic) bond motifs is 1. The minimum absolute atomic E-state index is 0.122. The fourth-order valence-corrected chi connectivity index (χ4v) is 3.98. The van der Waals surface area contributed by atoms with Gasteiger partial charge in [-0.15, -0.1) is 11.3 Å². The van der Waals surface area contributed by atoms with E-state index in [1.54, 1.807) is 11.3 Å². The topological polar surface area (TPSA) is 47.3 Å². The summed E-state index contributed by atoms with van der Waals surface area (Å²) in [5.41, 5.74) is 2.52. The number of benzene rings is 1. The molecule has 1 unspecified atom stereocenters. The number of nitrogens with zero attached hydrogens (tertiary/aromatic N) is 2. The zero-order valence-corrected chi connectivity index (χ0v) is 14.7. The summed E-state index contributed by atoms with van der Waals surface area (Å²) >= 11 is 1.59. The predicted octanol–water partition coefficient (Wildman–Crippen LogP) is 3.33. The first-order chi connectivity index (χ1) is 12.2. The summed E-state index contributed by atoms with van der Waals surface area (Å²) in [7, 11) is 0. The highest BCUT2D eigenvalue weighted by Crippen LogP contribution is 2.31. The van der Waals surface area contributed by atoms with Gasteiger partial charge in [-0.05, 0) is 36.2 Å². The largest absolute Gasteiger partial charge is 0.490 e. The highest BCUT2D eigenvalue weighted by molar-refractivity contribution is 7.15. The third-order valence-corrected chi connectivity index (χ3v) is 5.14. The highest BCUT2D eigenvalue weighted by Gasteiger charge is 2.19. The van der Waals surface area contributed by atoms with Crippen LogP contribution in [0, 0.1) is 11.8 Å². The second-order valence-corrected chi connectivity index (χ2v) is 7.16. The fraction of sp³-hybridized carbons (Fsp3) is 0.250. The van der Waals surface area contributed by atoms with Gasteiger partial charge in [0.25, 0.3) is 0 Å². The lowest BCUT2D eigenvalue weighted by atomic mass is 10.1. The Kier molecular flexibility index (Phi) is 4.31. The number of rotatable bonds is 3. The number of aliphatic hydroxyl groups is 1. The van der Waals surface area contributed by atoms with Crippen LogP contribution in [0.15, 0.2) is 42.7 Å². The number of ether oxygens (including phenoxy) is 1. The molecule has 0 fully saturated rings. The first-order valence-corrected chi connectivity index (χ1v) is 9.04. The van der Waals surface area contributed by atoms with Crippen LogP contribution in [0.1, 0.15) is 22.9 Å². The number of aliphatic hydroxyl groups excluding tert-OH is 1. The van der Waals surface area contributed by atoms with Gasteiger partial charge in [-0.3, -0.25) is 0 Å². The molecule has 0 spiro atoms. The van der Waals surface area contributed by atoms with Crippen LogP contribution in [0.2, 0.25) is 0 Å². The molecule has 0 saturated heterocycles. The van der Waals surface area contributed by atoms with Crippen LogP contribution < -0.4 is 4.74 Å². The summed E-state index contributed by atoms with van der Waals surface area (Å²) in [5.74, 6) is 7.57. The Morgan fingerprint density at radius 1 is 1.36 bits per heavy atom. The smallest absolute Gasteiger partial charge is 0.150 e. The first-order valence-electron chi connectivity index (χ1n) is 8.22. The van der Waals surface area contributed by atoms with Crippen molar-refractivity contribution < 1.29 is 9.84 Å². The zero-order valence-electron chi connectivity index (χ0n) is 13.9. The van der Waals surface area contributed by atoms with Gasteiger partial charge in [0.05, 0.1) is 9.75 Å². The molecule has 5 heteroatoms. The SMILES string of the molecule is CC1Cc2cc(Cn3ccnc3-c3ccc(C#CCO)s3)ccc2O1. The summed E-state index contributed by atoms with van der Waals surface area (Å²) in [6.45, 7) is 2.75. The van der Waals surface area contributed by atoms with Crippen molar-refractivity contribution in [1.29, 1.82) is 0 Å². The highest BCUT2D eigenvalue weighted by atomic mass is 32.1. The van der Waals surface area contributed by atoms with Crippen LogP contribution in [0.4, 0.5) is 0 Å². The molecule has 1 N–H and O–H groups in total. The van der Waals surface area contributed by atoms with Crippen LogP contribution >= 0.6 is 11.3 Å². The summed E-state index contributed by atoms with van der Waals surface area (Å²) in [4.78, 5) is 6.52. The standard InChI is InChI=1S/C20H18N2O2S/c1-14-11-16-12-15(4-6-18(16)24-14)13-22-9-8-21-20(22)19-7-5-17(25-19)3-2-10-23/h4-9,12,14,23H,10-11,13H2,1H3. The van der Waals surface area contributed by atoms with Gasteiger partial charge in [-0.25, -0.2) is 4.98 Å². The predicted molar refractivity (Wildman–Crippen MR) is 98.8 cm³/mol. The quantitative estimate of drug-likeness (QED) is 0.737. The molecule has 0 radical (unpaired) electrons. The molecule has 3 heterocycles. The minimum Gasteiger partial charge on any atom is -0.490 e. The summed E-state index contributed by atoms with van der Waals surface area (Å²) in [6.07, 6.45) is 5.06. The number of imidazole rings is 1. The van der Waals surface area contributed by atoms with Crippen LogP contribution in [0.25, 0.3) is 10.7 Å². The lowest BCUT2D eigenvalue weighted by Gasteiger charge is -2.08. The van der Waals surface area contributed by atoms with Gasteiger partial charge in [0.1, 0.15) is 24.3 Å². The Balaban J connectivity index is 1.58. The Hall–Kier alpha value is -2.55. The minimum atomic E-state index is -0.122. The van der Waals surface area contributed by atoms with Gasteiger partial charge in [-0.1, -0.05) is 24.0 Å². The molecule has 1 atom stereocenters. The molecule has 1 aliphatic heterocycles. The van der Waals surface area contributed by atoms with Crippen molar-refractivity contribution in [2.75, 3.05) is 6.61 Å². The van der Waals surface area contributed by atoms with Crippen LogP contribution in [0.5, 0.6) is 5.75 Å². The lowest BCUT2D eigenvalue weighted by Crippen LogP contribution is -2.05. The molecule has 0 amide bonds. The van der Waals surface area contributed by atoms with Crippen LogP contribution in [-0.2, 0) is 13.0 Å². The Labute approximate surface area is 150 Å². The molecule has 126 valence electrons. The van der Waals surface area contributed by atoms with Crippen molar-refractivity contribution in [3.63, 3.8) is 0 Å². The van der Waals surface area contributed by atoms with E-state index in [0.29, 0.717) is 0 Å². The van der Waals surface area contributed by atoms with Crippen molar-refractivity contribution in [2.24, 2.45) is 0 Å². The molecule has 3 aromatic rings. The Morgan fingerprint density at radius 2 is 2.28 bits per heavy atom. The third-order valence-electron chi connectivity index (χ3n) is 4.15. The second-order valence-electron chi connectivity index (χ2n) is 6.08. The van der Waals surface area contributed by atoms with Gasteiger partial charge < -0.3 is 14.4 Å². The maximum atomic E-state index is 8.82. The second kappa shape index (κ2) is 6.75. The first kappa shape index (κ1) is 15.9. The van der Waals surface area contributed by atoms with E-state index in [2.05, 4.69) is 46.5 Å². The van der Waals surface area contributed by atoms with E-state index in [0.717, 1.165) is 34.3 Å². The normalized spacial score (nSPS) is 15.4. The van der Waals surface area contributed by atoms with E-state index in [-0.39, 0.29) is 12.7 Å². The number of hydrogen-bond acceptors (Lipinski definition) is 4. The molecule has 0 bridgehead atoms. The zero-order chi connectivity index (χ0) is 17.2. The third kappa shape index (κ3) is 3.32. The van der Waals surface area contributed by atoms with Gasteiger partial charge in [-0.2, -0.15) is 0 Å². The van der Waals surface area contributed by atoms with Gasteiger partial charge in [0.15, 0.2) is 0 Å². The summed E-state index contributed by atoms with van der Waals surface area (Å²) in [6, 6.07) is 10.4. The Morgan fingerprint density at radius 3 is 3.16 bits per heavy atom. The van der Waals surface area contributed by atoms with E-state index in [1.165, 1.54) is 11.1 Å². The lowest BCUT2D eigenvalue weighted by molar-refractivity contribution is 0.254. The molecule has 1 aromatic carbocycles. The van der Waals surface area contributed by atoms with E-state index in [4.69, 9.17) is 9.84 Å². The molecule has 2 aromatic heterocycles. The maximum Gasteiger partial charge on any atom is 0.150 e. The van der Waals surface area contributed by atoms with Gasteiger partial charge in [0, 0.05) is 25.4 Å². The fourth-order valence-electron chi connectivity index (χ4n) is 3.08. The van der Waals surface area contributed by atoms with Crippen molar-refractivity contribution in [1.82, 2.24) is 9.55 Å². The van der Waals surface area contributed by atoms with Crippen molar-refractivity contribution >= 4 is 11.3 Å². The maximum absolute atomic E-state index is 8.82. The van der Waals surface area contributed by atoms with Crippen LogP contribution in [-0.4, -0.2) is 27.4 Å². The molecule has 4 rings (SSSR count). The molecular weight excluding hydrogens is 332 g/mol. The van der Waals surface area contributed by atoms with E-state index < -0.39 is 0 Å². The molecule has 0 saturated carbocycles. The summed E-state index contributed by atoms with van der Waals surface area (Å²) < 4.78 is 7.93. The van der Waals surface area contributed by atoms with Gasteiger partial charge in [0.2, 0.25) is 0 Å². The Bertz CT molecular complexity index is 961. The van der Waals surface area contributed by atoms with Crippen molar-refractivity contribution in [3.8, 4) is 28.3 Å². The monoisotopic (exact) mass is 350 g/mol. The van der Waals surface area contributed by atoms with E-state index >= 15 is 0 Å². The molecule has 25 heavy (non-hydrogen) atoms.